The number of hydrogen-bond donors (Lipinski definition) is 3. The minimum atomic E-state index is -1.77. The molecule has 3 aromatic carbocycles. The molecule has 0 radical (unpaired) electrons. The van der Waals surface area contributed by atoms with Crippen molar-refractivity contribution in [2.45, 2.75) is 31.1 Å². The first-order valence-corrected chi connectivity index (χ1v) is 14.9. The molecule has 0 saturated carbocycles. The van der Waals surface area contributed by atoms with Gasteiger partial charge in [0.1, 0.15) is 0 Å². The molecule has 0 saturated heterocycles. The van der Waals surface area contributed by atoms with E-state index in [1.54, 1.807) is 12.1 Å². The molecular weight excluding hydrogens is 573 g/mol. The molecule has 6 nitrogen and oxygen atoms in total. The number of carbonyl (C=O) groups is 1. The van der Waals surface area contributed by atoms with Crippen LogP contribution in [0, 0.1) is 0 Å². The number of hydrogen-bond acceptors (Lipinski definition) is 5. The van der Waals surface area contributed by atoms with Gasteiger partial charge in [-0.25, -0.2) is 0 Å². The van der Waals surface area contributed by atoms with Crippen molar-refractivity contribution in [3.63, 3.8) is 0 Å². The third-order valence-electron chi connectivity index (χ3n) is 5.66. The normalized spacial score (nSPS) is 15.1. The summed E-state index contributed by atoms with van der Waals surface area (Å²) >= 11 is -0.248. The molecule has 1 atom stereocenters. The fraction of sp³-hybridized carbons (Fsp3) is 0.222. The molecule has 1 heterocycles. The van der Waals surface area contributed by atoms with Crippen LogP contribution in [0.5, 0.6) is 5.75 Å². The van der Waals surface area contributed by atoms with Gasteiger partial charge in [-0.05, 0) is 5.41 Å². The Morgan fingerprint density at radius 2 is 1.94 bits per heavy atom. The summed E-state index contributed by atoms with van der Waals surface area (Å²) in [4.78, 5) is 13.5. The summed E-state index contributed by atoms with van der Waals surface area (Å²) in [6, 6.07) is 17.2. The summed E-state index contributed by atoms with van der Waals surface area (Å²) in [5, 5.41) is 5.24. The van der Waals surface area contributed by atoms with Gasteiger partial charge in [0.15, 0.2) is 0 Å². The molecule has 8 heteroatoms. The van der Waals surface area contributed by atoms with Crippen LogP contribution < -0.4 is 41.7 Å². The summed E-state index contributed by atoms with van der Waals surface area (Å²) < 4.78 is 23.3. The number of alkyl halides is 1. The van der Waals surface area contributed by atoms with Crippen LogP contribution in [-0.2, 0) is 16.4 Å². The summed E-state index contributed by atoms with van der Waals surface area (Å²) in [6.07, 6.45) is 3.87. The van der Waals surface area contributed by atoms with E-state index in [-0.39, 0.29) is 26.6 Å². The Kier molecular flexibility index (Phi) is 7.51. The van der Waals surface area contributed by atoms with Crippen molar-refractivity contribution in [2.24, 2.45) is 5.73 Å². The van der Waals surface area contributed by atoms with Crippen molar-refractivity contribution in [2.75, 3.05) is 11.7 Å². The van der Waals surface area contributed by atoms with Crippen molar-refractivity contribution in [3.05, 3.63) is 89.3 Å². The molecule has 4 N–H and O–H groups in total. The zero-order valence-corrected chi connectivity index (χ0v) is 23.1. The quantitative estimate of drug-likeness (QED) is 0.233. The van der Waals surface area contributed by atoms with Crippen molar-refractivity contribution in [1.82, 2.24) is 10.0 Å². The molecule has 1 amide bonds. The van der Waals surface area contributed by atoms with E-state index in [2.05, 4.69) is 36.9 Å². The number of fused-ring (bicyclic) bond motifs is 1. The average Bonchev–Trinajstić information content (AvgIpc) is 3.06. The number of nitrogens with two attached hydrogens (primary N) is 1. The van der Waals surface area contributed by atoms with Gasteiger partial charge in [-0.2, -0.15) is 0 Å². The topological polar surface area (TPSA) is 93.5 Å². The second-order valence-corrected chi connectivity index (χ2v) is 13.0. The monoisotopic (exact) mass is 602 g/mol. The van der Waals surface area contributed by atoms with E-state index in [4.69, 9.17) is 10.5 Å². The Balaban J connectivity index is 1.62. The maximum atomic E-state index is 13.1. The number of rotatable bonds is 5. The Bertz CT molecular complexity index is 1380. The van der Waals surface area contributed by atoms with Crippen LogP contribution in [0.4, 0.5) is 0 Å². The van der Waals surface area contributed by atoms with E-state index < -0.39 is 16.9 Å². The fourth-order valence-electron chi connectivity index (χ4n) is 3.76. The number of amides is 1. The van der Waals surface area contributed by atoms with Crippen LogP contribution in [-0.4, -0.2) is 21.8 Å². The van der Waals surface area contributed by atoms with Gasteiger partial charge in [-0.3, -0.25) is 0 Å². The second kappa shape index (κ2) is 10.4. The molecule has 1 unspecified atom stereocenters. The Morgan fingerprint density at radius 1 is 1.14 bits per heavy atom. The van der Waals surface area contributed by atoms with Gasteiger partial charge in [-0.1, -0.05) is 26.8 Å². The standard InChI is InChI=1S/C27H29IN3O3S/c1-27(2,3)19-9-11-24(34-4)25(13-19)35(33)31-26(32)18-8-10-21-17(12-18)6-5-7-22(21)23-14-20(29)15-30-16-28-23/h5-15,30H,16,29H2,1-4H3,(H,31,32)/q-1. The summed E-state index contributed by atoms with van der Waals surface area (Å²) in [6.45, 7) is 6.24. The summed E-state index contributed by atoms with van der Waals surface area (Å²) in [5.74, 6) is 0.0684. The van der Waals surface area contributed by atoms with Gasteiger partial charge < -0.3 is 0 Å². The van der Waals surface area contributed by atoms with E-state index >= 15 is 0 Å². The molecule has 0 bridgehead atoms. The van der Waals surface area contributed by atoms with Crippen molar-refractivity contribution in [3.8, 4) is 5.75 Å². The molecule has 0 aliphatic carbocycles. The van der Waals surface area contributed by atoms with E-state index in [1.807, 2.05) is 48.7 Å². The van der Waals surface area contributed by atoms with Gasteiger partial charge in [0.2, 0.25) is 0 Å². The predicted molar refractivity (Wildman–Crippen MR) is 138 cm³/mol. The maximum absolute atomic E-state index is 13.1. The molecule has 4 rings (SSSR count). The number of nitrogens with one attached hydrogen (secondary N) is 2. The predicted octanol–water partition coefficient (Wildman–Crippen LogP) is 1.39. The first-order valence-electron chi connectivity index (χ1n) is 11.1. The molecule has 3 aromatic rings. The number of allylic oxidation sites excluding steroid dienone is 1. The van der Waals surface area contributed by atoms with Gasteiger partial charge in [0.05, 0.1) is 7.11 Å². The first-order chi connectivity index (χ1) is 16.7. The van der Waals surface area contributed by atoms with Crippen LogP contribution >= 0.6 is 0 Å². The first kappa shape index (κ1) is 25.2. The number of methoxy groups -OCH3 is 1. The van der Waals surface area contributed by atoms with Gasteiger partial charge in [0.25, 0.3) is 0 Å². The van der Waals surface area contributed by atoms with Crippen LogP contribution in [0.1, 0.15) is 42.3 Å². The molecule has 0 fully saturated rings. The Hall–Kier alpha value is -2.85. The molecule has 184 valence electrons. The molecule has 35 heavy (non-hydrogen) atoms. The van der Waals surface area contributed by atoms with Crippen molar-refractivity contribution in [1.29, 1.82) is 0 Å². The Morgan fingerprint density at radius 3 is 2.69 bits per heavy atom. The van der Waals surface area contributed by atoms with Crippen LogP contribution in [0.2, 0.25) is 0 Å². The van der Waals surface area contributed by atoms with E-state index in [1.165, 1.54) is 10.7 Å². The third-order valence-corrected chi connectivity index (χ3v) is 9.29. The number of benzene rings is 3. The van der Waals surface area contributed by atoms with E-state index in [0.29, 0.717) is 21.9 Å². The average molecular weight is 603 g/mol. The number of carbonyl (C=O) groups excluding carboxylic acids is 1. The van der Waals surface area contributed by atoms with Gasteiger partial charge in [-0.15, -0.1) is 0 Å². The van der Waals surface area contributed by atoms with Crippen LogP contribution in [0.15, 0.2) is 77.5 Å². The van der Waals surface area contributed by atoms with E-state index in [9.17, 15) is 9.00 Å². The van der Waals surface area contributed by atoms with Crippen molar-refractivity contribution >= 4 is 31.2 Å². The van der Waals surface area contributed by atoms with Crippen LogP contribution in [0.3, 0.4) is 0 Å². The summed E-state index contributed by atoms with van der Waals surface area (Å²) in [5.41, 5.74) is 9.23. The van der Waals surface area contributed by atoms with Gasteiger partial charge in [0, 0.05) is 0 Å². The fourth-order valence-corrected chi connectivity index (χ4v) is 7.04. The molecule has 0 spiro atoms. The van der Waals surface area contributed by atoms with Crippen molar-refractivity contribution < 1.29 is 34.9 Å². The Labute approximate surface area is 218 Å². The molecular formula is C27H29IN3O3S-. The molecule has 0 aromatic heterocycles. The SMILES string of the molecule is COc1ccc(C(C)(C)C)cc1S(=O)NC(=O)c1ccc2c(C3=CC(N)=CNC[I-]3)cccc2c1. The van der Waals surface area contributed by atoms with Gasteiger partial charge >= 0.3 is 180 Å². The zero-order chi connectivity index (χ0) is 25.2. The number of halogens is 1. The zero-order valence-electron chi connectivity index (χ0n) is 20.1. The molecule has 1 aliphatic rings. The van der Waals surface area contributed by atoms with E-state index in [0.717, 1.165) is 26.5 Å². The summed E-state index contributed by atoms with van der Waals surface area (Å²) in [7, 11) is -0.246. The third kappa shape index (κ3) is 5.70. The molecule has 1 aliphatic heterocycles. The minimum absolute atomic E-state index is 0.128. The number of ether oxygens (including phenoxy) is 1. The second-order valence-electron chi connectivity index (χ2n) is 9.17. The van der Waals surface area contributed by atoms with Crippen LogP contribution in [0.25, 0.3) is 14.4 Å².